The fourth-order valence-corrected chi connectivity index (χ4v) is 2.80. The highest BCUT2D eigenvalue weighted by molar-refractivity contribution is 7.45. The van der Waals surface area contributed by atoms with Gasteiger partial charge in [-0.2, -0.15) is 0 Å². The van der Waals surface area contributed by atoms with Crippen LogP contribution in [-0.4, -0.2) is 42.6 Å². The van der Waals surface area contributed by atoms with Crippen LogP contribution in [-0.2, 0) is 23.1 Å². The van der Waals surface area contributed by atoms with Crippen molar-refractivity contribution in [2.24, 2.45) is 0 Å². The summed E-state index contributed by atoms with van der Waals surface area (Å²) in [5.41, 5.74) is -1.20. The van der Waals surface area contributed by atoms with E-state index in [2.05, 4.69) is 9.51 Å². The Hall–Kier alpha value is -1.29. The average molecular weight is 335 g/mol. The van der Waals surface area contributed by atoms with Gasteiger partial charge in [-0.1, -0.05) is 0 Å². The van der Waals surface area contributed by atoms with Crippen molar-refractivity contribution in [3.05, 3.63) is 33.1 Å². The summed E-state index contributed by atoms with van der Waals surface area (Å²) >= 11 is 0. The van der Waals surface area contributed by atoms with Crippen molar-refractivity contribution in [1.82, 2.24) is 9.55 Å². The minimum absolute atomic E-state index is 0.0724. The van der Waals surface area contributed by atoms with Gasteiger partial charge in [0.2, 0.25) is 0 Å². The van der Waals surface area contributed by atoms with Crippen LogP contribution in [0, 0.1) is 0 Å². The standard InChI is InChI=1S/C11H17N2O8P/c1-18-6-8-7(21-22(16,17)19-2)5-10(20-8)13-4-3-9(14)12-11(13)15/h3-4,7-8,10H,5-6H2,1-2H3,(H,16,17)(H,12,14,15)/p-1/t7?,8-,10-/m1/s1. The lowest BCUT2D eigenvalue weighted by Crippen LogP contribution is -2.31. The minimum atomic E-state index is -4.45. The van der Waals surface area contributed by atoms with Gasteiger partial charge < -0.3 is 23.4 Å². The zero-order valence-corrected chi connectivity index (χ0v) is 12.9. The first-order valence-corrected chi connectivity index (χ1v) is 7.83. The maximum Gasteiger partial charge on any atom is 0.330 e. The maximum absolute atomic E-state index is 11.8. The van der Waals surface area contributed by atoms with Gasteiger partial charge in [-0.15, -0.1) is 0 Å². The number of H-pyrrole nitrogens is 1. The van der Waals surface area contributed by atoms with Crippen LogP contribution in [0.2, 0.25) is 0 Å². The first-order valence-electron chi connectivity index (χ1n) is 6.37. The summed E-state index contributed by atoms with van der Waals surface area (Å²) in [6, 6.07) is 1.16. The molecule has 0 spiro atoms. The molecule has 2 unspecified atom stereocenters. The third-order valence-electron chi connectivity index (χ3n) is 3.16. The van der Waals surface area contributed by atoms with E-state index in [-0.39, 0.29) is 13.0 Å². The molecule has 2 heterocycles. The number of hydrogen-bond acceptors (Lipinski definition) is 8. The highest BCUT2D eigenvalue weighted by atomic mass is 31.2. The van der Waals surface area contributed by atoms with Crippen LogP contribution in [0.3, 0.4) is 0 Å². The molecule has 124 valence electrons. The first-order chi connectivity index (χ1) is 10.4. The van der Waals surface area contributed by atoms with Crippen molar-refractivity contribution in [3.63, 3.8) is 0 Å². The predicted octanol–water partition coefficient (Wildman–Crippen LogP) is -1.03. The van der Waals surface area contributed by atoms with Crippen molar-refractivity contribution in [1.29, 1.82) is 0 Å². The van der Waals surface area contributed by atoms with Crippen LogP contribution >= 0.6 is 7.82 Å². The average Bonchev–Trinajstić information content (AvgIpc) is 2.81. The molecule has 1 aliphatic rings. The van der Waals surface area contributed by atoms with Crippen LogP contribution in [0.4, 0.5) is 0 Å². The molecular formula is C11H16N2O8P-. The Morgan fingerprint density at radius 3 is 2.82 bits per heavy atom. The van der Waals surface area contributed by atoms with Crippen LogP contribution < -0.4 is 16.1 Å². The molecule has 0 saturated carbocycles. The summed E-state index contributed by atoms with van der Waals surface area (Å²) in [7, 11) is -2.04. The number of ether oxygens (including phenoxy) is 2. The first kappa shape index (κ1) is 17.1. The lowest BCUT2D eigenvalue weighted by molar-refractivity contribution is -0.229. The van der Waals surface area contributed by atoms with E-state index in [1.807, 2.05) is 0 Å². The molecule has 1 fully saturated rings. The molecule has 1 aliphatic heterocycles. The van der Waals surface area contributed by atoms with Gasteiger partial charge in [0.05, 0.1) is 12.7 Å². The van der Waals surface area contributed by atoms with Gasteiger partial charge in [0.25, 0.3) is 13.4 Å². The molecule has 11 heteroatoms. The molecule has 0 amide bonds. The Kier molecular flexibility index (Phi) is 5.32. The molecule has 0 aromatic carbocycles. The normalized spacial score (nSPS) is 27.7. The molecule has 1 N–H and O–H groups in total. The topological polar surface area (TPSA) is 132 Å². The zero-order valence-electron chi connectivity index (χ0n) is 12.0. The summed E-state index contributed by atoms with van der Waals surface area (Å²) in [6.45, 7) is 0.0724. The van der Waals surface area contributed by atoms with Gasteiger partial charge >= 0.3 is 5.69 Å². The van der Waals surface area contributed by atoms with Gasteiger partial charge in [-0.3, -0.25) is 18.9 Å². The number of methoxy groups -OCH3 is 1. The van der Waals surface area contributed by atoms with E-state index in [0.717, 1.165) is 17.7 Å². The summed E-state index contributed by atoms with van der Waals surface area (Å²) < 4.78 is 32.3. The smallest absolute Gasteiger partial charge is 0.330 e. The predicted molar refractivity (Wildman–Crippen MR) is 71.2 cm³/mol. The van der Waals surface area contributed by atoms with E-state index in [9.17, 15) is 19.0 Å². The third-order valence-corrected chi connectivity index (χ3v) is 4.14. The number of phosphoric ester groups is 1. The summed E-state index contributed by atoms with van der Waals surface area (Å²) in [5.74, 6) is 0. The van der Waals surface area contributed by atoms with Crippen LogP contribution in [0.5, 0.6) is 0 Å². The molecule has 10 nitrogen and oxygen atoms in total. The van der Waals surface area contributed by atoms with E-state index in [0.29, 0.717) is 0 Å². The molecule has 4 atom stereocenters. The molecule has 1 aromatic rings. The van der Waals surface area contributed by atoms with Gasteiger partial charge in [0, 0.05) is 32.9 Å². The molecule has 1 saturated heterocycles. The van der Waals surface area contributed by atoms with E-state index in [1.165, 1.54) is 13.3 Å². The zero-order chi connectivity index (χ0) is 16.3. The number of phosphoric acid groups is 1. The maximum atomic E-state index is 11.8. The van der Waals surface area contributed by atoms with Gasteiger partial charge in [-0.05, 0) is 0 Å². The van der Waals surface area contributed by atoms with Crippen LogP contribution in [0.25, 0.3) is 0 Å². The molecule has 0 aliphatic carbocycles. The number of aromatic amines is 1. The van der Waals surface area contributed by atoms with Gasteiger partial charge in [-0.25, -0.2) is 4.79 Å². The van der Waals surface area contributed by atoms with E-state index >= 15 is 0 Å². The monoisotopic (exact) mass is 335 g/mol. The molecule has 0 bridgehead atoms. The van der Waals surface area contributed by atoms with Crippen LogP contribution in [0.1, 0.15) is 12.6 Å². The summed E-state index contributed by atoms with van der Waals surface area (Å²) in [6.07, 6.45) is -1.01. The fraction of sp³-hybridized carbons (Fsp3) is 0.636. The molecule has 0 radical (unpaired) electrons. The Morgan fingerprint density at radius 1 is 1.50 bits per heavy atom. The molecular weight excluding hydrogens is 319 g/mol. The van der Waals surface area contributed by atoms with Crippen molar-refractivity contribution in [2.45, 2.75) is 24.9 Å². The van der Waals surface area contributed by atoms with E-state index in [4.69, 9.17) is 14.0 Å². The molecule has 22 heavy (non-hydrogen) atoms. The second-order valence-electron chi connectivity index (χ2n) is 4.61. The Morgan fingerprint density at radius 2 is 2.23 bits per heavy atom. The van der Waals surface area contributed by atoms with Crippen LogP contribution in [0.15, 0.2) is 21.9 Å². The number of hydrogen-bond donors (Lipinski definition) is 1. The number of nitrogens with one attached hydrogen (secondary N) is 1. The second kappa shape index (κ2) is 6.86. The summed E-state index contributed by atoms with van der Waals surface area (Å²) in [5, 5.41) is 0. The number of rotatable bonds is 6. The number of aromatic nitrogens is 2. The third kappa shape index (κ3) is 3.92. The lowest BCUT2D eigenvalue weighted by atomic mass is 10.2. The summed E-state index contributed by atoms with van der Waals surface area (Å²) in [4.78, 5) is 36.3. The van der Waals surface area contributed by atoms with Crippen molar-refractivity contribution < 1.29 is 28.0 Å². The molecule has 2 rings (SSSR count). The SMILES string of the molecule is COC[C@H]1O[C@@H](n2ccc(=O)[nH]c2=O)CC1OP(=O)([O-])OC. The van der Waals surface area contributed by atoms with Gasteiger partial charge in [0.15, 0.2) is 0 Å². The lowest BCUT2D eigenvalue weighted by Gasteiger charge is -2.26. The highest BCUT2D eigenvalue weighted by Crippen LogP contribution is 2.43. The largest absolute Gasteiger partial charge is 0.756 e. The van der Waals surface area contributed by atoms with E-state index in [1.54, 1.807) is 0 Å². The number of nitrogens with zero attached hydrogens (tertiary/aromatic N) is 1. The Balaban J connectivity index is 2.21. The Labute approximate surface area is 125 Å². The van der Waals surface area contributed by atoms with Gasteiger partial charge in [0.1, 0.15) is 12.3 Å². The fourth-order valence-electron chi connectivity index (χ4n) is 2.16. The minimum Gasteiger partial charge on any atom is -0.756 e. The van der Waals surface area contributed by atoms with E-state index < -0.39 is 37.5 Å². The van der Waals surface area contributed by atoms with Crippen molar-refractivity contribution >= 4 is 7.82 Å². The second-order valence-corrected chi connectivity index (χ2v) is 6.08. The molecule has 1 aromatic heterocycles. The van der Waals surface area contributed by atoms with Crippen molar-refractivity contribution in [2.75, 3.05) is 20.8 Å². The quantitative estimate of drug-likeness (QED) is 0.653. The highest BCUT2D eigenvalue weighted by Gasteiger charge is 2.39. The van der Waals surface area contributed by atoms with Crippen molar-refractivity contribution in [3.8, 4) is 0 Å². The Bertz CT molecular complexity index is 671.